The molecule has 8 heteroatoms. The number of hydrogen-bond acceptors (Lipinski definition) is 6. The fourth-order valence-corrected chi connectivity index (χ4v) is 5.53. The maximum atomic E-state index is 4.52. The average molecular weight is 330 g/mol. The lowest BCUT2D eigenvalue weighted by molar-refractivity contribution is 0.602. The van der Waals surface area contributed by atoms with Gasteiger partial charge in [-0.2, -0.15) is 9.61 Å². The molecule has 0 saturated carbocycles. The molecule has 0 unspecified atom stereocenters. The smallest absolute Gasteiger partial charge is 0.244 e. The Bertz CT molecular complexity index is 1030. The zero-order valence-corrected chi connectivity index (χ0v) is 13.9. The van der Waals surface area contributed by atoms with E-state index in [4.69, 9.17) is 0 Å². The normalized spacial score (nSPS) is 18.5. The lowest BCUT2D eigenvalue weighted by Crippen LogP contribution is -2.05. The minimum atomic E-state index is 0.574. The van der Waals surface area contributed by atoms with Gasteiger partial charge in [0, 0.05) is 4.88 Å². The summed E-state index contributed by atoms with van der Waals surface area (Å²) in [6.45, 7) is 2.32. The predicted molar refractivity (Wildman–Crippen MR) is 88.0 cm³/mol. The molecule has 4 aromatic rings. The van der Waals surface area contributed by atoms with E-state index in [1.165, 1.54) is 33.5 Å². The number of aromatic nitrogens is 6. The first kappa shape index (κ1) is 12.8. The van der Waals surface area contributed by atoms with Crippen molar-refractivity contribution in [3.8, 4) is 0 Å². The van der Waals surface area contributed by atoms with E-state index >= 15 is 0 Å². The monoisotopic (exact) mass is 330 g/mol. The Morgan fingerprint density at radius 2 is 2.27 bits per heavy atom. The molecule has 0 aromatic carbocycles. The fraction of sp³-hybridized carbons (Fsp3) is 0.429. The van der Waals surface area contributed by atoms with E-state index in [0.717, 1.165) is 23.0 Å². The Hall–Kier alpha value is -1.67. The van der Waals surface area contributed by atoms with Crippen LogP contribution in [-0.4, -0.2) is 35.5 Å². The Morgan fingerprint density at radius 3 is 3.14 bits per heavy atom. The molecule has 0 N–H and O–H groups in total. The number of fused-ring (bicyclic) bond motifs is 8. The van der Waals surface area contributed by atoms with Crippen LogP contribution in [0.15, 0.2) is 11.5 Å². The Labute approximate surface area is 134 Å². The van der Waals surface area contributed by atoms with Gasteiger partial charge in [-0.25, -0.2) is 9.38 Å². The highest BCUT2D eigenvalue weighted by atomic mass is 32.2. The first-order chi connectivity index (χ1) is 10.8. The van der Waals surface area contributed by atoms with Crippen LogP contribution in [-0.2, 0) is 6.42 Å². The minimum absolute atomic E-state index is 0.574. The molecule has 4 heterocycles. The predicted octanol–water partition coefficient (Wildman–Crippen LogP) is 3.15. The van der Waals surface area contributed by atoms with Gasteiger partial charge in [0.05, 0.1) is 5.39 Å². The molecule has 6 nitrogen and oxygen atoms in total. The summed E-state index contributed by atoms with van der Waals surface area (Å²) in [7, 11) is 0. The van der Waals surface area contributed by atoms with Gasteiger partial charge in [0.2, 0.25) is 0 Å². The molecule has 1 atom stereocenters. The molecule has 0 aliphatic heterocycles. The molecular formula is C14H14N6S2. The highest BCUT2D eigenvalue weighted by molar-refractivity contribution is 7.98. The van der Waals surface area contributed by atoms with Crippen molar-refractivity contribution in [2.75, 3.05) is 6.26 Å². The number of thiophene rings is 1. The van der Waals surface area contributed by atoms with Crippen LogP contribution in [0.5, 0.6) is 0 Å². The highest BCUT2D eigenvalue weighted by Gasteiger charge is 2.27. The van der Waals surface area contributed by atoms with Gasteiger partial charge in [0.15, 0.2) is 10.8 Å². The van der Waals surface area contributed by atoms with E-state index in [2.05, 4.69) is 31.6 Å². The molecule has 112 valence electrons. The molecule has 0 saturated heterocycles. The van der Waals surface area contributed by atoms with E-state index < -0.39 is 0 Å². The van der Waals surface area contributed by atoms with Gasteiger partial charge in [-0.3, -0.25) is 0 Å². The van der Waals surface area contributed by atoms with E-state index in [-0.39, 0.29) is 0 Å². The van der Waals surface area contributed by atoms with Crippen LogP contribution in [0.25, 0.3) is 21.6 Å². The summed E-state index contributed by atoms with van der Waals surface area (Å²) in [5.41, 5.74) is 2.38. The molecule has 1 aliphatic rings. The lowest BCUT2D eigenvalue weighted by Gasteiger charge is -2.18. The van der Waals surface area contributed by atoms with Crippen molar-refractivity contribution in [3.63, 3.8) is 0 Å². The summed E-state index contributed by atoms with van der Waals surface area (Å²) in [5, 5.41) is 15.2. The minimum Gasteiger partial charge on any atom is -0.244 e. The third-order valence-corrected chi connectivity index (χ3v) is 6.38. The second kappa shape index (κ2) is 4.42. The van der Waals surface area contributed by atoms with Crippen LogP contribution < -0.4 is 0 Å². The second-order valence-electron chi connectivity index (χ2n) is 5.73. The van der Waals surface area contributed by atoms with E-state index in [0.29, 0.717) is 5.92 Å². The van der Waals surface area contributed by atoms with E-state index in [9.17, 15) is 0 Å². The van der Waals surface area contributed by atoms with Crippen molar-refractivity contribution in [2.45, 2.75) is 37.3 Å². The standard InChI is InChI=1S/C14H14N6S2/c1-7-4-3-5-8-9(7)10-11-15-6-16-20(11)13-17-18-14(21-2)19(13)12(10)22-8/h6-7H,3-5H2,1-2H3/t7-/m1/s1. The number of hydrogen-bond donors (Lipinski definition) is 0. The van der Waals surface area contributed by atoms with Crippen molar-refractivity contribution in [3.05, 3.63) is 16.8 Å². The van der Waals surface area contributed by atoms with Crippen LogP contribution in [0.1, 0.15) is 36.1 Å². The van der Waals surface area contributed by atoms with E-state index in [1.54, 1.807) is 18.1 Å². The number of nitrogens with zero attached hydrogens (tertiary/aromatic N) is 6. The van der Waals surface area contributed by atoms with Gasteiger partial charge in [-0.05, 0) is 37.0 Å². The van der Waals surface area contributed by atoms with Gasteiger partial charge in [0.25, 0.3) is 5.78 Å². The maximum Gasteiger partial charge on any atom is 0.260 e. The number of aryl methyl sites for hydroxylation is 1. The third-order valence-electron chi connectivity index (χ3n) is 4.50. The SMILES string of the molecule is CSc1nnc2n3ncnc3c3c4c(sc3n12)CCC[C@H]4C. The first-order valence-electron chi connectivity index (χ1n) is 7.35. The second-order valence-corrected chi connectivity index (χ2v) is 7.59. The molecule has 4 aromatic heterocycles. The van der Waals surface area contributed by atoms with Crippen molar-refractivity contribution in [1.29, 1.82) is 0 Å². The van der Waals surface area contributed by atoms with Crippen LogP contribution in [0.2, 0.25) is 0 Å². The summed E-state index contributed by atoms with van der Waals surface area (Å²) >= 11 is 3.49. The lowest BCUT2D eigenvalue weighted by atomic mass is 9.87. The molecule has 0 fully saturated rings. The summed E-state index contributed by atoms with van der Waals surface area (Å²) in [6, 6.07) is 0. The van der Waals surface area contributed by atoms with Crippen LogP contribution in [0.4, 0.5) is 0 Å². The molecule has 0 bridgehead atoms. The fourth-order valence-electron chi connectivity index (χ4n) is 3.54. The summed E-state index contributed by atoms with van der Waals surface area (Å²) in [4.78, 5) is 7.22. The molecule has 1 aliphatic carbocycles. The van der Waals surface area contributed by atoms with Crippen molar-refractivity contribution < 1.29 is 0 Å². The van der Waals surface area contributed by atoms with Crippen molar-refractivity contribution in [2.24, 2.45) is 0 Å². The third kappa shape index (κ3) is 1.46. The Balaban J connectivity index is 2.09. The van der Waals surface area contributed by atoms with Gasteiger partial charge >= 0.3 is 0 Å². The van der Waals surface area contributed by atoms with Gasteiger partial charge in [0.1, 0.15) is 11.2 Å². The Morgan fingerprint density at radius 1 is 1.36 bits per heavy atom. The van der Waals surface area contributed by atoms with Gasteiger partial charge in [-0.15, -0.1) is 21.5 Å². The van der Waals surface area contributed by atoms with E-state index in [1.807, 2.05) is 22.1 Å². The number of rotatable bonds is 1. The molecular weight excluding hydrogens is 316 g/mol. The topological polar surface area (TPSA) is 60.4 Å². The molecule has 5 rings (SSSR count). The van der Waals surface area contributed by atoms with Crippen molar-refractivity contribution >= 4 is 44.7 Å². The van der Waals surface area contributed by atoms with Crippen LogP contribution in [0.3, 0.4) is 0 Å². The van der Waals surface area contributed by atoms with Gasteiger partial charge < -0.3 is 0 Å². The van der Waals surface area contributed by atoms with Gasteiger partial charge in [-0.1, -0.05) is 18.7 Å². The highest BCUT2D eigenvalue weighted by Crippen LogP contribution is 2.44. The first-order valence-corrected chi connectivity index (χ1v) is 9.39. The van der Waals surface area contributed by atoms with Crippen LogP contribution in [0, 0.1) is 0 Å². The molecule has 0 amide bonds. The molecule has 0 radical (unpaired) electrons. The van der Waals surface area contributed by atoms with Crippen LogP contribution >= 0.6 is 23.1 Å². The summed E-state index contributed by atoms with van der Waals surface area (Å²) in [5.74, 6) is 1.32. The Kier molecular flexibility index (Phi) is 2.58. The van der Waals surface area contributed by atoms with Crippen molar-refractivity contribution in [1.82, 2.24) is 29.2 Å². The number of thioether (sulfide) groups is 1. The summed E-state index contributed by atoms with van der Waals surface area (Å²) < 4.78 is 3.96. The zero-order valence-electron chi connectivity index (χ0n) is 12.3. The summed E-state index contributed by atoms with van der Waals surface area (Å²) in [6.07, 6.45) is 7.32. The largest absolute Gasteiger partial charge is 0.260 e. The average Bonchev–Trinajstić information content (AvgIpc) is 3.21. The maximum absolute atomic E-state index is 4.52. The zero-order chi connectivity index (χ0) is 14.8. The molecule has 22 heavy (non-hydrogen) atoms. The molecule has 0 spiro atoms. The quantitative estimate of drug-likeness (QED) is 0.502.